The zero-order valence-electron chi connectivity index (χ0n) is 12.6. The lowest BCUT2D eigenvalue weighted by Gasteiger charge is -2.22. The van der Waals surface area contributed by atoms with Crippen molar-refractivity contribution in [2.24, 2.45) is 5.92 Å². The summed E-state index contributed by atoms with van der Waals surface area (Å²) >= 11 is 1.75. The quantitative estimate of drug-likeness (QED) is 0.893. The zero-order valence-corrected chi connectivity index (χ0v) is 13.4. The molecule has 1 aliphatic heterocycles. The maximum Gasteiger partial charge on any atom is 0.406 e. The van der Waals surface area contributed by atoms with Gasteiger partial charge in [0.1, 0.15) is 12.2 Å². The van der Waals surface area contributed by atoms with Crippen molar-refractivity contribution in [1.29, 1.82) is 0 Å². The van der Waals surface area contributed by atoms with Crippen molar-refractivity contribution >= 4 is 23.5 Å². The number of nitrogens with one attached hydrogen (secondary N) is 1. The Morgan fingerprint density at radius 2 is 2.22 bits per heavy atom. The molecule has 1 saturated heterocycles. The Morgan fingerprint density at radius 3 is 2.91 bits per heavy atom. The Labute approximate surface area is 135 Å². The van der Waals surface area contributed by atoms with Crippen LogP contribution in [-0.4, -0.2) is 46.3 Å². The minimum Gasteiger partial charge on any atom is -0.323 e. The first-order valence-electron chi connectivity index (χ1n) is 7.16. The average Bonchev–Trinajstić information content (AvgIpc) is 2.66. The van der Waals surface area contributed by atoms with Gasteiger partial charge in [-0.1, -0.05) is 6.92 Å². The van der Waals surface area contributed by atoms with Crippen LogP contribution < -0.4 is 10.9 Å². The lowest BCUT2D eigenvalue weighted by Crippen LogP contribution is -2.40. The molecular formula is C14H18F3N3O2S. The molecule has 23 heavy (non-hydrogen) atoms. The number of carbonyl (C=O) groups excluding carboxylic acids is 1. The fourth-order valence-corrected chi connectivity index (χ4v) is 3.33. The van der Waals surface area contributed by atoms with E-state index in [0.29, 0.717) is 23.6 Å². The van der Waals surface area contributed by atoms with Crippen molar-refractivity contribution in [3.8, 4) is 0 Å². The normalized spacial score (nSPS) is 19.3. The summed E-state index contributed by atoms with van der Waals surface area (Å²) in [5.74, 6) is 2.07. The van der Waals surface area contributed by atoms with Crippen LogP contribution in [0.25, 0.3) is 0 Å². The van der Waals surface area contributed by atoms with E-state index in [2.05, 4.69) is 5.32 Å². The van der Waals surface area contributed by atoms with Gasteiger partial charge in [0.05, 0.1) is 0 Å². The maximum absolute atomic E-state index is 12.4. The number of carbonyl (C=O) groups is 1. The van der Waals surface area contributed by atoms with Gasteiger partial charge in [0, 0.05) is 25.0 Å². The van der Waals surface area contributed by atoms with E-state index < -0.39 is 24.3 Å². The van der Waals surface area contributed by atoms with Gasteiger partial charge in [0.25, 0.3) is 5.56 Å². The molecular weight excluding hydrogens is 331 g/mol. The molecule has 0 radical (unpaired) electrons. The lowest BCUT2D eigenvalue weighted by molar-refractivity contribution is -0.141. The molecule has 0 aromatic carbocycles. The fraction of sp³-hybridized carbons (Fsp3) is 0.571. The topological polar surface area (TPSA) is 54.3 Å². The zero-order chi connectivity index (χ0) is 17.0. The number of anilines is 1. The molecule has 1 atom stereocenters. The van der Waals surface area contributed by atoms with E-state index in [9.17, 15) is 22.8 Å². The van der Waals surface area contributed by atoms with E-state index in [4.69, 9.17) is 0 Å². The summed E-state index contributed by atoms with van der Waals surface area (Å²) in [4.78, 5) is 25.9. The van der Waals surface area contributed by atoms with Crippen molar-refractivity contribution in [2.75, 3.05) is 29.9 Å². The summed E-state index contributed by atoms with van der Waals surface area (Å²) in [6.45, 7) is 1.75. The molecule has 0 spiro atoms. The molecule has 1 fully saturated rings. The molecule has 2 heterocycles. The van der Waals surface area contributed by atoms with E-state index in [1.807, 2.05) is 6.92 Å². The molecule has 0 saturated carbocycles. The highest BCUT2D eigenvalue weighted by atomic mass is 32.2. The highest BCUT2D eigenvalue weighted by Gasteiger charge is 2.29. The first kappa shape index (κ1) is 17.7. The Bertz CT molecular complexity index is 618. The van der Waals surface area contributed by atoms with Crippen LogP contribution in [0.15, 0.2) is 23.1 Å². The van der Waals surface area contributed by atoms with Gasteiger partial charge in [0.2, 0.25) is 0 Å². The minimum absolute atomic E-state index is 0.147. The van der Waals surface area contributed by atoms with E-state index >= 15 is 0 Å². The predicted octanol–water partition coefficient (Wildman–Crippen LogP) is 2.63. The van der Waals surface area contributed by atoms with Gasteiger partial charge in [-0.25, -0.2) is 4.79 Å². The molecule has 1 N–H and O–H groups in total. The summed E-state index contributed by atoms with van der Waals surface area (Å²) in [5, 5.41) is 2.43. The number of rotatable bonds is 2. The van der Waals surface area contributed by atoms with Gasteiger partial charge in [-0.2, -0.15) is 24.9 Å². The molecule has 128 valence electrons. The summed E-state index contributed by atoms with van der Waals surface area (Å²) in [6, 6.07) is 2.16. The number of thioether (sulfide) groups is 1. The fourth-order valence-electron chi connectivity index (χ4n) is 2.31. The second kappa shape index (κ2) is 7.29. The first-order chi connectivity index (χ1) is 10.8. The van der Waals surface area contributed by atoms with Gasteiger partial charge in [0.15, 0.2) is 0 Å². The summed E-state index contributed by atoms with van der Waals surface area (Å²) < 4.78 is 37.8. The number of amides is 2. The molecule has 1 aromatic rings. The number of alkyl halides is 3. The predicted molar refractivity (Wildman–Crippen MR) is 83.8 cm³/mol. The number of aromatic nitrogens is 1. The van der Waals surface area contributed by atoms with Gasteiger partial charge in [-0.3, -0.25) is 4.79 Å². The van der Waals surface area contributed by atoms with E-state index in [0.717, 1.165) is 17.7 Å². The molecule has 9 heteroatoms. The Morgan fingerprint density at radius 1 is 1.48 bits per heavy atom. The smallest absolute Gasteiger partial charge is 0.323 e. The van der Waals surface area contributed by atoms with Crippen LogP contribution in [0.1, 0.15) is 6.92 Å². The van der Waals surface area contributed by atoms with Gasteiger partial charge in [-0.15, -0.1) is 0 Å². The largest absolute Gasteiger partial charge is 0.406 e. The van der Waals surface area contributed by atoms with Crippen LogP contribution >= 0.6 is 11.8 Å². The second-order valence-electron chi connectivity index (χ2n) is 5.53. The number of hydrogen-bond donors (Lipinski definition) is 1. The first-order valence-corrected chi connectivity index (χ1v) is 8.31. The molecule has 2 amide bonds. The highest BCUT2D eigenvalue weighted by molar-refractivity contribution is 7.99. The third kappa shape index (κ3) is 5.19. The number of halogens is 3. The maximum atomic E-state index is 12.4. The Hall–Kier alpha value is -1.64. The van der Waals surface area contributed by atoms with Crippen molar-refractivity contribution in [1.82, 2.24) is 9.47 Å². The number of pyridine rings is 1. The minimum atomic E-state index is -4.50. The summed E-state index contributed by atoms with van der Waals surface area (Å²) in [7, 11) is 0. The SMILES string of the molecule is CC1CSCCN(C(=O)Nc2cccn(CC(F)(F)F)c2=O)C1. The Balaban J connectivity index is 2.12. The standard InChI is InChI=1S/C14H18F3N3O2S/c1-10-7-19(5-6-23-8-10)13(22)18-11-3-2-4-20(12(11)21)9-14(15,16)17/h2-4,10H,5-9H2,1H3,(H,18,22). The third-order valence-electron chi connectivity index (χ3n) is 3.34. The molecule has 1 aromatic heterocycles. The third-order valence-corrected chi connectivity index (χ3v) is 4.61. The van der Waals surface area contributed by atoms with Crippen LogP contribution in [0.2, 0.25) is 0 Å². The number of nitrogens with zero attached hydrogens (tertiary/aromatic N) is 2. The number of urea groups is 1. The van der Waals surface area contributed by atoms with Crippen LogP contribution in [0.5, 0.6) is 0 Å². The van der Waals surface area contributed by atoms with Crippen molar-refractivity contribution in [3.05, 3.63) is 28.7 Å². The molecule has 1 aliphatic rings. The molecule has 0 aliphatic carbocycles. The summed E-state index contributed by atoms with van der Waals surface area (Å²) in [5.41, 5.74) is -1.01. The molecule has 5 nitrogen and oxygen atoms in total. The molecule has 0 bridgehead atoms. The summed E-state index contributed by atoms with van der Waals surface area (Å²) in [6.07, 6.45) is -3.44. The Kier molecular flexibility index (Phi) is 5.61. The van der Waals surface area contributed by atoms with Crippen LogP contribution in [-0.2, 0) is 6.54 Å². The average molecular weight is 349 g/mol. The lowest BCUT2D eigenvalue weighted by atomic mass is 10.2. The van der Waals surface area contributed by atoms with Gasteiger partial charge >= 0.3 is 12.2 Å². The van der Waals surface area contributed by atoms with Crippen molar-refractivity contribution in [2.45, 2.75) is 19.6 Å². The highest BCUT2D eigenvalue weighted by Crippen LogP contribution is 2.18. The van der Waals surface area contributed by atoms with Crippen molar-refractivity contribution < 1.29 is 18.0 Å². The van der Waals surface area contributed by atoms with Crippen LogP contribution in [0.4, 0.5) is 23.7 Å². The molecule has 2 rings (SSSR count). The van der Waals surface area contributed by atoms with Gasteiger partial charge in [-0.05, 0) is 23.8 Å². The number of hydrogen-bond acceptors (Lipinski definition) is 3. The van der Waals surface area contributed by atoms with Crippen LogP contribution in [0, 0.1) is 5.92 Å². The van der Waals surface area contributed by atoms with Gasteiger partial charge < -0.3 is 14.8 Å². The second-order valence-corrected chi connectivity index (χ2v) is 6.68. The van der Waals surface area contributed by atoms with Crippen LogP contribution in [0.3, 0.4) is 0 Å². The van der Waals surface area contributed by atoms with E-state index in [-0.39, 0.29) is 5.69 Å². The monoisotopic (exact) mass is 349 g/mol. The van der Waals surface area contributed by atoms with Crippen molar-refractivity contribution in [3.63, 3.8) is 0 Å². The van der Waals surface area contributed by atoms with E-state index in [1.54, 1.807) is 16.7 Å². The molecule has 1 unspecified atom stereocenters. The van der Waals surface area contributed by atoms with E-state index in [1.165, 1.54) is 12.1 Å².